The van der Waals surface area contributed by atoms with Gasteiger partial charge in [0.25, 0.3) is 0 Å². The molecule has 0 aromatic heterocycles. The first-order valence-electron chi connectivity index (χ1n) is 8.46. The molecule has 0 fully saturated rings. The van der Waals surface area contributed by atoms with Crippen molar-refractivity contribution in [3.05, 3.63) is 59.4 Å². The maximum Gasteiger partial charge on any atom is 0.240 e. The normalized spacial score (nSPS) is 12.2. The van der Waals surface area contributed by atoms with Crippen molar-refractivity contribution in [1.82, 2.24) is 9.03 Å². The van der Waals surface area contributed by atoms with Crippen LogP contribution in [0.4, 0.5) is 10.1 Å². The Morgan fingerprint density at radius 3 is 2.24 bits per heavy atom. The second-order valence-corrected chi connectivity index (χ2v) is 10.3. The summed E-state index contributed by atoms with van der Waals surface area (Å²) in [6.07, 6.45) is 0.967. The minimum Gasteiger partial charge on any atom is -0.325 e. The number of benzene rings is 2. The van der Waals surface area contributed by atoms with E-state index < -0.39 is 38.3 Å². The second-order valence-electron chi connectivity index (χ2n) is 6.39. The minimum atomic E-state index is -3.73. The summed E-state index contributed by atoms with van der Waals surface area (Å²) in [6, 6.07) is 9.49. The topological polar surface area (TPSA) is 113 Å². The molecular formula is C18H22FN3O5S2. The number of halogens is 1. The summed E-state index contributed by atoms with van der Waals surface area (Å²) >= 11 is 0. The van der Waals surface area contributed by atoms with Gasteiger partial charge in [-0.1, -0.05) is 18.2 Å². The summed E-state index contributed by atoms with van der Waals surface area (Å²) in [5.41, 5.74) is 1.38. The summed E-state index contributed by atoms with van der Waals surface area (Å²) in [6.45, 7) is 1.08. The molecule has 8 nitrogen and oxygen atoms in total. The Morgan fingerprint density at radius 1 is 1.07 bits per heavy atom. The lowest BCUT2D eigenvalue weighted by Gasteiger charge is -2.20. The summed E-state index contributed by atoms with van der Waals surface area (Å²) in [7, 11) is -6.16. The standard InChI is InChI=1S/C18H22FN3O5S2/c1-13-4-9-16(29(26,27)20-2)10-17(13)21-18(23)12-22(28(3,24)25)11-14-5-7-15(19)8-6-14/h4-10,20H,11-12H2,1-3H3,(H,21,23). The summed E-state index contributed by atoms with van der Waals surface area (Å²) < 4.78 is 64.2. The molecule has 0 heterocycles. The van der Waals surface area contributed by atoms with Gasteiger partial charge in [0, 0.05) is 12.2 Å². The van der Waals surface area contributed by atoms with Crippen LogP contribution in [0.2, 0.25) is 0 Å². The molecule has 2 rings (SSSR count). The van der Waals surface area contributed by atoms with Gasteiger partial charge in [-0.15, -0.1) is 0 Å². The van der Waals surface area contributed by atoms with E-state index in [0.717, 1.165) is 10.6 Å². The van der Waals surface area contributed by atoms with Crippen molar-refractivity contribution in [2.75, 3.05) is 25.2 Å². The third-order valence-corrected chi connectivity index (χ3v) is 6.73. The zero-order valence-electron chi connectivity index (χ0n) is 16.1. The highest BCUT2D eigenvalue weighted by atomic mass is 32.2. The van der Waals surface area contributed by atoms with Crippen LogP contribution >= 0.6 is 0 Å². The molecule has 29 heavy (non-hydrogen) atoms. The van der Waals surface area contributed by atoms with Gasteiger partial charge in [-0.3, -0.25) is 4.79 Å². The highest BCUT2D eigenvalue weighted by Gasteiger charge is 2.21. The fraction of sp³-hybridized carbons (Fsp3) is 0.278. The molecule has 0 aliphatic rings. The van der Waals surface area contributed by atoms with E-state index in [-0.39, 0.29) is 17.1 Å². The average molecular weight is 444 g/mol. The number of nitrogens with one attached hydrogen (secondary N) is 2. The Kier molecular flexibility index (Phi) is 7.11. The molecule has 0 saturated heterocycles. The molecule has 0 atom stereocenters. The molecule has 0 saturated carbocycles. The van der Waals surface area contributed by atoms with Gasteiger partial charge in [0.05, 0.1) is 17.7 Å². The fourth-order valence-electron chi connectivity index (χ4n) is 2.45. The van der Waals surface area contributed by atoms with Crippen molar-refractivity contribution in [2.24, 2.45) is 0 Å². The Labute approximate surface area is 169 Å². The molecule has 158 valence electrons. The number of carbonyl (C=O) groups excluding carboxylic acids is 1. The summed E-state index contributed by atoms with van der Waals surface area (Å²) in [5.74, 6) is -1.09. The molecular weight excluding hydrogens is 421 g/mol. The zero-order valence-corrected chi connectivity index (χ0v) is 17.8. The second kappa shape index (κ2) is 8.99. The first kappa shape index (κ1) is 22.9. The van der Waals surface area contributed by atoms with E-state index in [1.54, 1.807) is 6.92 Å². The van der Waals surface area contributed by atoms with E-state index in [0.29, 0.717) is 11.1 Å². The molecule has 0 radical (unpaired) electrons. The van der Waals surface area contributed by atoms with Gasteiger partial charge in [-0.25, -0.2) is 25.9 Å². The fourth-order valence-corrected chi connectivity index (χ4v) is 3.95. The third kappa shape index (κ3) is 6.32. The number of sulfonamides is 2. The maximum atomic E-state index is 13.0. The van der Waals surface area contributed by atoms with Crippen molar-refractivity contribution in [1.29, 1.82) is 0 Å². The lowest BCUT2D eigenvalue weighted by Crippen LogP contribution is -2.37. The van der Waals surface area contributed by atoms with Crippen molar-refractivity contribution in [3.63, 3.8) is 0 Å². The van der Waals surface area contributed by atoms with Crippen molar-refractivity contribution >= 4 is 31.6 Å². The number of nitrogens with zero attached hydrogens (tertiary/aromatic N) is 1. The highest BCUT2D eigenvalue weighted by Crippen LogP contribution is 2.20. The van der Waals surface area contributed by atoms with Crippen LogP contribution < -0.4 is 10.0 Å². The predicted molar refractivity (Wildman–Crippen MR) is 108 cm³/mol. The van der Waals surface area contributed by atoms with Crippen LogP contribution in [-0.2, 0) is 31.4 Å². The van der Waals surface area contributed by atoms with Crippen LogP contribution in [0.5, 0.6) is 0 Å². The Balaban J connectivity index is 2.20. The molecule has 2 aromatic rings. The quantitative estimate of drug-likeness (QED) is 0.641. The number of amides is 1. The Morgan fingerprint density at radius 2 is 1.69 bits per heavy atom. The summed E-state index contributed by atoms with van der Waals surface area (Å²) in [5, 5.41) is 2.55. The van der Waals surface area contributed by atoms with E-state index in [9.17, 15) is 26.0 Å². The van der Waals surface area contributed by atoms with Gasteiger partial charge < -0.3 is 5.32 Å². The zero-order chi connectivity index (χ0) is 21.8. The lowest BCUT2D eigenvalue weighted by atomic mass is 10.2. The van der Waals surface area contributed by atoms with Crippen LogP contribution in [0.25, 0.3) is 0 Å². The minimum absolute atomic E-state index is 0.0350. The van der Waals surface area contributed by atoms with E-state index in [1.165, 1.54) is 49.5 Å². The first-order chi connectivity index (χ1) is 13.4. The van der Waals surface area contributed by atoms with E-state index in [4.69, 9.17) is 0 Å². The van der Waals surface area contributed by atoms with Crippen LogP contribution in [0.3, 0.4) is 0 Å². The molecule has 0 unspecified atom stereocenters. The molecule has 0 aliphatic carbocycles. The van der Waals surface area contributed by atoms with Crippen LogP contribution in [0.1, 0.15) is 11.1 Å². The highest BCUT2D eigenvalue weighted by molar-refractivity contribution is 7.89. The SMILES string of the molecule is CNS(=O)(=O)c1ccc(C)c(NC(=O)CN(Cc2ccc(F)cc2)S(C)(=O)=O)c1. The monoisotopic (exact) mass is 443 g/mol. The van der Waals surface area contributed by atoms with Crippen molar-refractivity contribution < 1.29 is 26.0 Å². The molecule has 2 N–H and O–H groups in total. The maximum absolute atomic E-state index is 13.0. The van der Waals surface area contributed by atoms with E-state index in [1.807, 2.05) is 0 Å². The molecule has 1 amide bonds. The largest absolute Gasteiger partial charge is 0.325 e. The molecule has 0 bridgehead atoms. The van der Waals surface area contributed by atoms with Gasteiger partial charge in [-0.2, -0.15) is 4.31 Å². The molecule has 11 heteroatoms. The molecule has 2 aromatic carbocycles. The smallest absolute Gasteiger partial charge is 0.240 e. The van der Waals surface area contributed by atoms with Crippen LogP contribution in [-0.4, -0.2) is 46.9 Å². The van der Waals surface area contributed by atoms with Gasteiger partial charge in [0.15, 0.2) is 0 Å². The van der Waals surface area contributed by atoms with Crippen molar-refractivity contribution in [2.45, 2.75) is 18.4 Å². The van der Waals surface area contributed by atoms with Crippen LogP contribution in [0, 0.1) is 12.7 Å². The van der Waals surface area contributed by atoms with E-state index >= 15 is 0 Å². The Hall–Kier alpha value is -2.34. The van der Waals surface area contributed by atoms with Gasteiger partial charge in [0.1, 0.15) is 5.82 Å². The average Bonchev–Trinajstić information content (AvgIpc) is 2.63. The van der Waals surface area contributed by atoms with Gasteiger partial charge >= 0.3 is 0 Å². The van der Waals surface area contributed by atoms with E-state index in [2.05, 4.69) is 10.0 Å². The number of hydrogen-bond acceptors (Lipinski definition) is 5. The first-order valence-corrected chi connectivity index (χ1v) is 11.8. The number of rotatable bonds is 8. The number of carbonyl (C=O) groups is 1. The molecule has 0 spiro atoms. The van der Waals surface area contributed by atoms with Crippen molar-refractivity contribution in [3.8, 4) is 0 Å². The number of aryl methyl sites for hydroxylation is 1. The lowest BCUT2D eigenvalue weighted by molar-refractivity contribution is -0.116. The predicted octanol–water partition coefficient (Wildman–Crippen LogP) is 1.44. The molecule has 0 aliphatic heterocycles. The Bertz CT molecular complexity index is 1100. The third-order valence-electron chi connectivity index (χ3n) is 4.12. The van der Waals surface area contributed by atoms with Crippen LogP contribution in [0.15, 0.2) is 47.4 Å². The van der Waals surface area contributed by atoms with Gasteiger partial charge in [0.2, 0.25) is 26.0 Å². The van der Waals surface area contributed by atoms with Gasteiger partial charge in [-0.05, 0) is 49.4 Å². The number of hydrogen-bond donors (Lipinski definition) is 2. The summed E-state index contributed by atoms with van der Waals surface area (Å²) in [4.78, 5) is 12.4. The number of anilines is 1.